The minimum absolute atomic E-state index is 0.118. The molecule has 7 nitrogen and oxygen atoms in total. The Kier molecular flexibility index (Phi) is 6.06. The molecule has 0 saturated carbocycles. The molecule has 1 aromatic carbocycles. The molecule has 8 heteroatoms. The molecule has 1 atom stereocenters. The van der Waals surface area contributed by atoms with E-state index < -0.39 is 12.0 Å². The Labute approximate surface area is 139 Å². The summed E-state index contributed by atoms with van der Waals surface area (Å²) in [5.74, 6) is -0.0402. The van der Waals surface area contributed by atoms with E-state index in [1.54, 1.807) is 18.2 Å². The second kappa shape index (κ2) is 8.03. The Hall–Kier alpha value is -1.99. The number of carbonyl (C=O) groups excluding carboxylic acids is 2. The zero-order valence-electron chi connectivity index (χ0n) is 12.9. The molecule has 0 bridgehead atoms. The van der Waals surface area contributed by atoms with E-state index in [-0.39, 0.29) is 19.2 Å². The molecule has 1 aliphatic rings. The number of halogens is 1. The van der Waals surface area contributed by atoms with Crippen LogP contribution in [0.5, 0.6) is 5.75 Å². The summed E-state index contributed by atoms with van der Waals surface area (Å²) in [4.78, 5) is 25.1. The number of rotatable bonds is 5. The fraction of sp³-hybridized carbons (Fsp3) is 0.467. The van der Waals surface area contributed by atoms with E-state index in [1.165, 1.54) is 4.90 Å². The van der Waals surface area contributed by atoms with E-state index in [0.29, 0.717) is 29.6 Å². The number of carbonyl (C=O) groups is 2. The van der Waals surface area contributed by atoms with Crippen LogP contribution in [0.25, 0.3) is 0 Å². The Morgan fingerprint density at radius 1 is 1.52 bits per heavy atom. The second-order valence-electron chi connectivity index (χ2n) is 5.13. The molecular formula is C15H20ClN3O4. The van der Waals surface area contributed by atoms with Crippen LogP contribution in [0.2, 0.25) is 5.02 Å². The third-order valence-electron chi connectivity index (χ3n) is 3.32. The summed E-state index contributed by atoms with van der Waals surface area (Å²) in [6, 6.07) is 4.67. The molecule has 23 heavy (non-hydrogen) atoms. The van der Waals surface area contributed by atoms with Crippen molar-refractivity contribution < 1.29 is 19.1 Å². The molecule has 1 fully saturated rings. The molecular weight excluding hydrogens is 322 g/mol. The van der Waals surface area contributed by atoms with Crippen LogP contribution in [-0.4, -0.2) is 49.2 Å². The minimum atomic E-state index is -0.787. The van der Waals surface area contributed by atoms with Crippen molar-refractivity contribution in [1.82, 2.24) is 4.90 Å². The fourth-order valence-corrected chi connectivity index (χ4v) is 2.31. The summed E-state index contributed by atoms with van der Waals surface area (Å²) >= 11 is 5.98. The number of urea groups is 1. The lowest BCUT2D eigenvalue weighted by molar-refractivity contribution is -0.133. The van der Waals surface area contributed by atoms with Gasteiger partial charge in [0.1, 0.15) is 5.75 Å². The van der Waals surface area contributed by atoms with Gasteiger partial charge >= 0.3 is 6.03 Å². The molecule has 3 amide bonds. The molecule has 3 N–H and O–H groups in total. The van der Waals surface area contributed by atoms with Gasteiger partial charge in [-0.1, -0.05) is 18.5 Å². The number of anilines is 1. The standard InChI is InChI=1S/C15H20ClN3O4/c1-2-6-22-12-4-3-10(16)8-11(12)18-15(21)19-5-7-23-13(9-19)14(17)20/h3-4,8,13H,2,5-7,9H2,1H3,(H2,17,20)(H,18,21). The summed E-state index contributed by atoms with van der Waals surface area (Å²) in [5.41, 5.74) is 5.71. The van der Waals surface area contributed by atoms with Crippen molar-refractivity contribution in [2.75, 3.05) is 31.6 Å². The van der Waals surface area contributed by atoms with E-state index in [1.807, 2.05) is 6.92 Å². The summed E-state index contributed by atoms with van der Waals surface area (Å²) in [7, 11) is 0. The first-order chi connectivity index (χ1) is 11.0. The third kappa shape index (κ3) is 4.74. The van der Waals surface area contributed by atoms with Crippen LogP contribution < -0.4 is 15.8 Å². The first kappa shape index (κ1) is 17.4. The van der Waals surface area contributed by atoms with Gasteiger partial charge in [-0.05, 0) is 24.6 Å². The SMILES string of the molecule is CCCOc1ccc(Cl)cc1NC(=O)N1CCOC(C(N)=O)C1. The molecule has 1 aromatic rings. The van der Waals surface area contributed by atoms with Crippen LogP contribution in [-0.2, 0) is 9.53 Å². The monoisotopic (exact) mass is 341 g/mol. The lowest BCUT2D eigenvalue weighted by atomic mass is 10.2. The highest BCUT2D eigenvalue weighted by Gasteiger charge is 2.28. The van der Waals surface area contributed by atoms with Gasteiger partial charge < -0.3 is 25.4 Å². The molecule has 126 valence electrons. The van der Waals surface area contributed by atoms with Crippen molar-refractivity contribution in [3.8, 4) is 5.75 Å². The number of nitrogens with two attached hydrogens (primary N) is 1. The summed E-state index contributed by atoms with van der Waals surface area (Å²) in [6.45, 7) is 3.28. The molecule has 1 heterocycles. The van der Waals surface area contributed by atoms with E-state index in [9.17, 15) is 9.59 Å². The van der Waals surface area contributed by atoms with Crippen molar-refractivity contribution >= 4 is 29.2 Å². The largest absolute Gasteiger partial charge is 0.491 e. The molecule has 0 aromatic heterocycles. The van der Waals surface area contributed by atoms with Gasteiger partial charge in [0.05, 0.1) is 25.4 Å². The second-order valence-corrected chi connectivity index (χ2v) is 5.56. The van der Waals surface area contributed by atoms with Crippen LogP contribution in [0.3, 0.4) is 0 Å². The molecule has 2 rings (SSSR count). The maximum atomic E-state index is 12.4. The van der Waals surface area contributed by atoms with Gasteiger partial charge in [-0.25, -0.2) is 4.79 Å². The Morgan fingerprint density at radius 3 is 3.00 bits per heavy atom. The molecule has 1 saturated heterocycles. The van der Waals surface area contributed by atoms with Gasteiger partial charge in [-0.3, -0.25) is 4.79 Å². The fourth-order valence-electron chi connectivity index (χ4n) is 2.14. The van der Waals surface area contributed by atoms with Gasteiger partial charge in [-0.15, -0.1) is 0 Å². The van der Waals surface area contributed by atoms with Crippen molar-refractivity contribution in [1.29, 1.82) is 0 Å². The van der Waals surface area contributed by atoms with Gasteiger partial charge in [0.2, 0.25) is 5.91 Å². The highest BCUT2D eigenvalue weighted by atomic mass is 35.5. The smallest absolute Gasteiger partial charge is 0.322 e. The average molecular weight is 342 g/mol. The van der Waals surface area contributed by atoms with E-state index >= 15 is 0 Å². The number of amides is 3. The lowest BCUT2D eigenvalue weighted by Gasteiger charge is -2.31. The first-order valence-corrected chi connectivity index (χ1v) is 7.78. The maximum absolute atomic E-state index is 12.4. The first-order valence-electron chi connectivity index (χ1n) is 7.40. The summed E-state index contributed by atoms with van der Waals surface area (Å²) in [5, 5.41) is 3.25. The number of nitrogens with one attached hydrogen (secondary N) is 1. The van der Waals surface area contributed by atoms with Crippen molar-refractivity contribution in [3.63, 3.8) is 0 Å². The van der Waals surface area contributed by atoms with E-state index in [4.69, 9.17) is 26.8 Å². The predicted molar refractivity (Wildman–Crippen MR) is 86.8 cm³/mol. The highest BCUT2D eigenvalue weighted by molar-refractivity contribution is 6.31. The quantitative estimate of drug-likeness (QED) is 0.854. The number of hydrogen-bond acceptors (Lipinski definition) is 4. The van der Waals surface area contributed by atoms with Crippen molar-refractivity contribution in [2.24, 2.45) is 5.73 Å². The molecule has 0 aliphatic carbocycles. The van der Waals surface area contributed by atoms with E-state index in [0.717, 1.165) is 6.42 Å². The highest BCUT2D eigenvalue weighted by Crippen LogP contribution is 2.28. The molecule has 1 aliphatic heterocycles. The Balaban J connectivity index is 2.07. The van der Waals surface area contributed by atoms with Crippen LogP contribution in [0.1, 0.15) is 13.3 Å². The average Bonchev–Trinajstić information content (AvgIpc) is 2.54. The predicted octanol–water partition coefficient (Wildman–Crippen LogP) is 1.85. The van der Waals surface area contributed by atoms with Gasteiger partial charge in [0, 0.05) is 11.6 Å². The number of primary amides is 1. The number of hydrogen-bond donors (Lipinski definition) is 2. The van der Waals surface area contributed by atoms with Crippen LogP contribution in [0.4, 0.5) is 10.5 Å². The van der Waals surface area contributed by atoms with Crippen molar-refractivity contribution in [2.45, 2.75) is 19.4 Å². The van der Waals surface area contributed by atoms with Gasteiger partial charge in [0.15, 0.2) is 6.10 Å². The van der Waals surface area contributed by atoms with Crippen LogP contribution >= 0.6 is 11.6 Å². The Bertz CT molecular complexity index is 582. The third-order valence-corrected chi connectivity index (χ3v) is 3.55. The van der Waals surface area contributed by atoms with E-state index in [2.05, 4.69) is 5.32 Å². The number of benzene rings is 1. The summed E-state index contributed by atoms with van der Waals surface area (Å²) < 4.78 is 10.8. The van der Waals surface area contributed by atoms with Crippen LogP contribution in [0.15, 0.2) is 18.2 Å². The normalized spacial score (nSPS) is 17.7. The number of nitrogens with zero attached hydrogens (tertiary/aromatic N) is 1. The molecule has 0 radical (unpaired) electrons. The number of morpholine rings is 1. The molecule has 1 unspecified atom stereocenters. The van der Waals surface area contributed by atoms with Crippen LogP contribution in [0, 0.1) is 0 Å². The number of ether oxygens (including phenoxy) is 2. The summed E-state index contributed by atoms with van der Waals surface area (Å²) in [6.07, 6.45) is 0.0597. The maximum Gasteiger partial charge on any atom is 0.322 e. The van der Waals surface area contributed by atoms with Gasteiger partial charge in [0.25, 0.3) is 0 Å². The topological polar surface area (TPSA) is 93.9 Å². The Morgan fingerprint density at radius 2 is 2.30 bits per heavy atom. The molecule has 0 spiro atoms. The van der Waals surface area contributed by atoms with Gasteiger partial charge in [-0.2, -0.15) is 0 Å². The van der Waals surface area contributed by atoms with Crippen molar-refractivity contribution in [3.05, 3.63) is 23.2 Å². The zero-order valence-corrected chi connectivity index (χ0v) is 13.6. The lowest BCUT2D eigenvalue weighted by Crippen LogP contribution is -2.51. The zero-order chi connectivity index (χ0) is 16.8. The minimum Gasteiger partial charge on any atom is -0.491 e.